The molecule has 3 rings (SSSR count). The summed E-state index contributed by atoms with van der Waals surface area (Å²) in [5.74, 6) is 1.44. The van der Waals surface area contributed by atoms with Gasteiger partial charge in [-0.2, -0.15) is 4.98 Å². The monoisotopic (exact) mass is 269 g/mol. The van der Waals surface area contributed by atoms with Crippen LogP contribution in [-0.2, 0) is 0 Å². The lowest BCUT2D eigenvalue weighted by molar-refractivity contribution is 0.413. The summed E-state index contributed by atoms with van der Waals surface area (Å²) in [6.45, 7) is 0. The Morgan fingerprint density at radius 2 is 2.05 bits per heavy atom. The van der Waals surface area contributed by atoms with Crippen molar-refractivity contribution in [2.45, 2.75) is 0 Å². The fraction of sp³-hybridized carbons (Fsp3) is 0.0714. The van der Waals surface area contributed by atoms with Gasteiger partial charge in [0.15, 0.2) is 0 Å². The maximum Gasteiger partial charge on any atom is 0.259 e. The van der Waals surface area contributed by atoms with Crippen molar-refractivity contribution >= 4 is 0 Å². The normalized spacial score (nSPS) is 10.4. The van der Waals surface area contributed by atoms with Crippen LogP contribution in [0.4, 0.5) is 0 Å². The maximum atomic E-state index is 11.0. The zero-order valence-electron chi connectivity index (χ0n) is 10.7. The molecule has 0 saturated carbocycles. The zero-order chi connectivity index (χ0) is 13.9. The van der Waals surface area contributed by atoms with Crippen LogP contribution < -0.4 is 10.3 Å². The number of hydrogen-bond donors (Lipinski definition) is 1. The van der Waals surface area contributed by atoms with Gasteiger partial charge in [-0.15, -0.1) is 0 Å². The van der Waals surface area contributed by atoms with Crippen molar-refractivity contribution in [1.82, 2.24) is 15.1 Å². The molecule has 0 fully saturated rings. The molecule has 0 aliphatic heterocycles. The van der Waals surface area contributed by atoms with Gasteiger partial charge in [-0.3, -0.25) is 4.79 Å². The summed E-state index contributed by atoms with van der Waals surface area (Å²) in [5, 5.41) is 3.94. The van der Waals surface area contributed by atoms with E-state index >= 15 is 0 Å². The van der Waals surface area contributed by atoms with Gasteiger partial charge in [0.05, 0.1) is 18.2 Å². The van der Waals surface area contributed by atoms with Crippen LogP contribution in [0.2, 0.25) is 0 Å². The molecule has 100 valence electrons. The Balaban J connectivity index is 2.02. The van der Waals surface area contributed by atoms with E-state index in [4.69, 9.17) is 9.26 Å². The number of H-pyrrole nitrogens is 1. The Morgan fingerprint density at radius 1 is 1.20 bits per heavy atom. The van der Waals surface area contributed by atoms with Gasteiger partial charge in [-0.1, -0.05) is 17.3 Å². The third-order valence-electron chi connectivity index (χ3n) is 2.81. The first kappa shape index (κ1) is 12.2. The van der Waals surface area contributed by atoms with E-state index in [-0.39, 0.29) is 5.56 Å². The molecular weight excluding hydrogens is 258 g/mol. The lowest BCUT2D eigenvalue weighted by atomic mass is 10.2. The van der Waals surface area contributed by atoms with Crippen LogP contribution in [0.5, 0.6) is 5.75 Å². The molecule has 1 aromatic carbocycles. The lowest BCUT2D eigenvalue weighted by Gasteiger charge is -2.02. The highest BCUT2D eigenvalue weighted by Gasteiger charge is 2.13. The molecule has 0 atom stereocenters. The second-order valence-electron chi connectivity index (χ2n) is 4.07. The molecule has 6 nitrogen and oxygen atoms in total. The number of rotatable bonds is 3. The summed E-state index contributed by atoms with van der Waals surface area (Å²) in [5.41, 5.74) is 1.21. The van der Waals surface area contributed by atoms with Crippen molar-refractivity contribution in [3.8, 4) is 28.6 Å². The highest BCUT2D eigenvalue weighted by molar-refractivity contribution is 5.65. The molecule has 2 heterocycles. The van der Waals surface area contributed by atoms with Crippen molar-refractivity contribution in [1.29, 1.82) is 0 Å². The van der Waals surface area contributed by atoms with Crippen molar-refractivity contribution in [2.75, 3.05) is 7.11 Å². The third kappa shape index (κ3) is 2.18. The minimum Gasteiger partial charge on any atom is -0.496 e. The predicted octanol–water partition coefficient (Wildman–Crippen LogP) is 2.10. The average Bonchev–Trinajstić information content (AvgIpc) is 2.97. The third-order valence-corrected chi connectivity index (χ3v) is 2.81. The van der Waals surface area contributed by atoms with Crippen LogP contribution in [-0.4, -0.2) is 22.2 Å². The summed E-state index contributed by atoms with van der Waals surface area (Å²) < 4.78 is 10.5. The SMILES string of the molecule is COc1ccccc1-c1noc(-c2ccc(=O)[nH]c2)n1. The fourth-order valence-electron chi connectivity index (χ4n) is 1.82. The molecule has 0 radical (unpaired) electrons. The molecule has 2 aromatic heterocycles. The van der Waals surface area contributed by atoms with Crippen LogP contribution in [0, 0.1) is 0 Å². The van der Waals surface area contributed by atoms with E-state index < -0.39 is 0 Å². The van der Waals surface area contributed by atoms with Crippen molar-refractivity contribution in [2.24, 2.45) is 0 Å². The van der Waals surface area contributed by atoms with Crippen LogP contribution in [0.1, 0.15) is 0 Å². The number of aromatic amines is 1. The van der Waals surface area contributed by atoms with Crippen LogP contribution in [0.25, 0.3) is 22.8 Å². The quantitative estimate of drug-likeness (QED) is 0.787. The number of pyridine rings is 1. The van der Waals surface area contributed by atoms with Gasteiger partial charge < -0.3 is 14.2 Å². The summed E-state index contributed by atoms with van der Waals surface area (Å²) >= 11 is 0. The standard InChI is InChI=1S/C14H11N3O3/c1-19-11-5-3-2-4-10(11)13-16-14(20-17-13)9-6-7-12(18)15-8-9/h2-8H,1H3,(H,15,18). The first-order valence-electron chi connectivity index (χ1n) is 5.94. The number of nitrogens with zero attached hydrogens (tertiary/aromatic N) is 2. The maximum absolute atomic E-state index is 11.0. The molecule has 0 spiro atoms. The number of para-hydroxylation sites is 1. The minimum absolute atomic E-state index is 0.182. The van der Waals surface area contributed by atoms with Gasteiger partial charge in [0.2, 0.25) is 11.4 Å². The second-order valence-corrected chi connectivity index (χ2v) is 4.07. The van der Waals surface area contributed by atoms with E-state index in [1.54, 1.807) is 13.2 Å². The smallest absolute Gasteiger partial charge is 0.259 e. The predicted molar refractivity (Wildman–Crippen MR) is 72.3 cm³/mol. The number of nitrogens with one attached hydrogen (secondary N) is 1. The Bertz CT molecular complexity index is 772. The molecule has 0 amide bonds. The number of hydrogen-bond acceptors (Lipinski definition) is 5. The van der Waals surface area contributed by atoms with E-state index in [2.05, 4.69) is 15.1 Å². The molecule has 3 aromatic rings. The van der Waals surface area contributed by atoms with Crippen LogP contribution in [0.15, 0.2) is 51.9 Å². The zero-order valence-corrected chi connectivity index (χ0v) is 10.7. The van der Waals surface area contributed by atoms with E-state index in [1.165, 1.54) is 12.3 Å². The number of benzene rings is 1. The number of ether oxygens (including phenoxy) is 1. The van der Waals surface area contributed by atoms with Gasteiger partial charge in [-0.25, -0.2) is 0 Å². The molecule has 1 N–H and O–H groups in total. The average molecular weight is 269 g/mol. The van der Waals surface area contributed by atoms with Gasteiger partial charge in [0.25, 0.3) is 5.89 Å². The molecule has 20 heavy (non-hydrogen) atoms. The first-order valence-corrected chi connectivity index (χ1v) is 5.94. The van der Waals surface area contributed by atoms with Gasteiger partial charge in [0.1, 0.15) is 5.75 Å². The Labute approximate surface area is 114 Å². The Morgan fingerprint density at radius 3 is 2.80 bits per heavy atom. The second kappa shape index (κ2) is 5.00. The molecule has 0 aliphatic rings. The Hall–Kier alpha value is -2.89. The molecule has 0 bridgehead atoms. The van der Waals surface area contributed by atoms with Gasteiger partial charge in [0, 0.05) is 12.3 Å². The van der Waals surface area contributed by atoms with Crippen LogP contribution >= 0.6 is 0 Å². The molecule has 6 heteroatoms. The largest absolute Gasteiger partial charge is 0.496 e. The van der Waals surface area contributed by atoms with Crippen LogP contribution in [0.3, 0.4) is 0 Å². The number of methoxy groups -OCH3 is 1. The van der Waals surface area contributed by atoms with Gasteiger partial charge in [-0.05, 0) is 18.2 Å². The summed E-state index contributed by atoms with van der Waals surface area (Å²) in [6, 6.07) is 10.4. The summed E-state index contributed by atoms with van der Waals surface area (Å²) in [7, 11) is 1.59. The van der Waals surface area contributed by atoms with Crippen molar-refractivity contribution < 1.29 is 9.26 Å². The first-order chi connectivity index (χ1) is 9.78. The summed E-state index contributed by atoms with van der Waals surface area (Å²) in [4.78, 5) is 17.9. The lowest BCUT2D eigenvalue weighted by Crippen LogP contribution is -2.01. The highest BCUT2D eigenvalue weighted by atomic mass is 16.5. The molecular formula is C14H11N3O3. The highest BCUT2D eigenvalue weighted by Crippen LogP contribution is 2.28. The topological polar surface area (TPSA) is 81.0 Å². The van der Waals surface area contributed by atoms with E-state index in [0.717, 1.165) is 5.56 Å². The number of aromatic nitrogens is 3. The summed E-state index contributed by atoms with van der Waals surface area (Å²) in [6.07, 6.45) is 1.53. The van der Waals surface area contributed by atoms with E-state index in [1.807, 2.05) is 24.3 Å². The van der Waals surface area contributed by atoms with E-state index in [9.17, 15) is 4.79 Å². The molecule has 0 unspecified atom stereocenters. The fourth-order valence-corrected chi connectivity index (χ4v) is 1.82. The molecule has 0 saturated heterocycles. The molecule has 0 aliphatic carbocycles. The van der Waals surface area contributed by atoms with Gasteiger partial charge >= 0.3 is 0 Å². The van der Waals surface area contributed by atoms with E-state index in [0.29, 0.717) is 23.0 Å². The minimum atomic E-state index is -0.182. The van der Waals surface area contributed by atoms with Crippen molar-refractivity contribution in [3.05, 3.63) is 52.9 Å². The van der Waals surface area contributed by atoms with Crippen molar-refractivity contribution in [3.63, 3.8) is 0 Å². The Kier molecular flexibility index (Phi) is 3.04.